The lowest BCUT2D eigenvalue weighted by atomic mass is 9.88. The summed E-state index contributed by atoms with van der Waals surface area (Å²) in [4.78, 5) is 0. The molecule has 2 aromatic carbocycles. The van der Waals surface area contributed by atoms with Gasteiger partial charge in [-0.2, -0.15) is 0 Å². The Morgan fingerprint density at radius 2 is 1.93 bits per heavy atom. The highest BCUT2D eigenvalue weighted by Gasteiger charge is 2.30. The lowest BCUT2D eigenvalue weighted by Gasteiger charge is -2.31. The molecular weight excluding hydrogens is 406 g/mol. The van der Waals surface area contributed by atoms with Gasteiger partial charge >= 0.3 is 0 Å². The van der Waals surface area contributed by atoms with Crippen molar-refractivity contribution in [1.82, 2.24) is 0 Å². The van der Waals surface area contributed by atoms with Crippen LogP contribution in [0.4, 0.5) is 0 Å². The number of methoxy groups -OCH3 is 1. The van der Waals surface area contributed by atoms with E-state index in [1.807, 2.05) is 6.07 Å². The van der Waals surface area contributed by atoms with E-state index in [9.17, 15) is 0 Å². The van der Waals surface area contributed by atoms with E-state index in [0.717, 1.165) is 37.6 Å². The molecule has 0 saturated carbocycles. The maximum Gasteiger partial charge on any atom is 0.188 e. The van der Waals surface area contributed by atoms with Gasteiger partial charge in [0.15, 0.2) is 6.79 Å². The van der Waals surface area contributed by atoms with Gasteiger partial charge in [-0.3, -0.25) is 0 Å². The zero-order valence-electron chi connectivity index (χ0n) is 17.1. The van der Waals surface area contributed by atoms with Crippen molar-refractivity contribution in [2.45, 2.75) is 44.7 Å². The summed E-state index contributed by atoms with van der Waals surface area (Å²) in [6.45, 7) is 4.70. The average molecular weight is 437 g/mol. The summed E-state index contributed by atoms with van der Waals surface area (Å²) in [5, 5.41) is -0.108. The van der Waals surface area contributed by atoms with Crippen LogP contribution in [0.5, 0.6) is 5.75 Å². The molecule has 2 unspecified atom stereocenters. The van der Waals surface area contributed by atoms with Crippen LogP contribution >= 0.6 is 27.4 Å². The van der Waals surface area contributed by atoms with Crippen molar-refractivity contribution in [2.75, 3.05) is 20.1 Å². The molecule has 0 saturated heterocycles. The second-order valence-electron chi connectivity index (χ2n) is 7.22. The van der Waals surface area contributed by atoms with Crippen LogP contribution in [0.3, 0.4) is 0 Å². The highest BCUT2D eigenvalue weighted by atomic mass is 35.7. The average Bonchev–Trinajstić information content (AvgIpc) is 2.72. The van der Waals surface area contributed by atoms with Gasteiger partial charge in [0.1, 0.15) is 5.75 Å². The van der Waals surface area contributed by atoms with Crippen LogP contribution in [0, 0.1) is 0 Å². The fourth-order valence-electron chi connectivity index (χ4n) is 3.49. The number of ether oxygens (including phenoxy) is 2. The number of aryl methyl sites for hydroxylation is 1. The minimum Gasteiger partial charge on any atom is -0.467 e. The number of hydrogen-bond donors (Lipinski definition) is 0. The summed E-state index contributed by atoms with van der Waals surface area (Å²) < 4.78 is 11.4. The molecule has 0 aliphatic heterocycles. The first kappa shape index (κ1) is 23.4. The molecule has 0 spiro atoms. The molecule has 0 N–H and O–H groups in total. The van der Waals surface area contributed by atoms with Gasteiger partial charge in [-0.15, -0.1) is 8.20 Å². The Morgan fingerprint density at radius 3 is 2.54 bits per heavy atom. The number of halogens is 1. The zero-order chi connectivity index (χ0) is 20.4. The maximum atomic E-state index is 6.53. The summed E-state index contributed by atoms with van der Waals surface area (Å²) in [6, 6.07) is 15.1. The van der Waals surface area contributed by atoms with E-state index in [0.29, 0.717) is 0 Å². The van der Waals surface area contributed by atoms with Gasteiger partial charge in [0.05, 0.1) is 0 Å². The fourth-order valence-corrected chi connectivity index (χ4v) is 5.12. The van der Waals surface area contributed by atoms with Crippen molar-refractivity contribution in [3.63, 3.8) is 0 Å². The van der Waals surface area contributed by atoms with Gasteiger partial charge in [-0.1, -0.05) is 80.3 Å². The Balaban J connectivity index is 2.60. The highest BCUT2D eigenvalue weighted by Crippen LogP contribution is 2.52. The molecule has 2 atom stereocenters. The van der Waals surface area contributed by atoms with Gasteiger partial charge in [-0.05, 0) is 43.6 Å². The van der Waals surface area contributed by atoms with Crippen LogP contribution in [0.25, 0.3) is 0 Å². The second kappa shape index (κ2) is 11.9. The number of rotatable bonds is 12. The highest BCUT2D eigenvalue weighted by molar-refractivity contribution is 7.69. The van der Waals surface area contributed by atoms with E-state index < -0.39 is 0 Å². The molecule has 0 radical (unpaired) electrons. The Morgan fingerprint density at radius 1 is 1.18 bits per heavy atom. The van der Waals surface area contributed by atoms with Crippen LogP contribution in [0.15, 0.2) is 42.5 Å². The molecule has 0 aliphatic rings. The molecule has 0 aliphatic carbocycles. The molecule has 0 aromatic heterocycles. The fraction of sp³-hybridized carbons (Fsp3) is 0.435. The molecule has 0 amide bonds. The Labute approximate surface area is 178 Å². The first-order valence-electron chi connectivity index (χ1n) is 9.70. The standard InChI is InChI=1S/C23H31ClO2P2/c1-5-12-23(2,28-24)21-16-19(11-13-27-4)15-20(22(21)26-17-25-3)14-18-9-7-6-8-10-18/h6-10,15-16,28H,4-5,11-14,17H2,1-3H3. The summed E-state index contributed by atoms with van der Waals surface area (Å²) in [6.07, 6.45) is 8.98. The van der Waals surface area contributed by atoms with Gasteiger partial charge in [0.2, 0.25) is 0 Å². The van der Waals surface area contributed by atoms with Gasteiger partial charge < -0.3 is 9.47 Å². The number of hydrogen-bond acceptors (Lipinski definition) is 2. The van der Waals surface area contributed by atoms with E-state index in [1.165, 1.54) is 30.5 Å². The van der Waals surface area contributed by atoms with Crippen molar-refractivity contribution in [1.29, 1.82) is 0 Å². The van der Waals surface area contributed by atoms with Crippen molar-refractivity contribution in [2.24, 2.45) is 0 Å². The molecule has 0 heterocycles. The molecule has 2 aromatic rings. The SMILES string of the molecule is C=PCCc1cc(Cc2ccccc2)c(OCOC)c(C(C)(CCC)PCl)c1. The molecule has 2 nitrogen and oxygen atoms in total. The van der Waals surface area contributed by atoms with E-state index in [1.54, 1.807) is 7.11 Å². The third-order valence-electron chi connectivity index (χ3n) is 4.90. The molecule has 0 bridgehead atoms. The lowest BCUT2D eigenvalue weighted by Crippen LogP contribution is -2.18. The largest absolute Gasteiger partial charge is 0.467 e. The Hall–Kier alpha value is -0.910. The summed E-state index contributed by atoms with van der Waals surface area (Å²) >= 11 is 6.53. The van der Waals surface area contributed by atoms with Crippen molar-refractivity contribution in [3.8, 4) is 5.75 Å². The number of benzene rings is 2. The van der Waals surface area contributed by atoms with Crippen LogP contribution in [0.1, 0.15) is 48.9 Å². The van der Waals surface area contributed by atoms with Gasteiger partial charge in [0, 0.05) is 24.3 Å². The lowest BCUT2D eigenvalue weighted by molar-refractivity contribution is 0.0493. The van der Waals surface area contributed by atoms with Crippen molar-refractivity contribution < 1.29 is 9.47 Å². The van der Waals surface area contributed by atoms with Crippen molar-refractivity contribution >= 4 is 33.7 Å². The first-order chi connectivity index (χ1) is 13.6. The minimum atomic E-state index is -0.108. The van der Waals surface area contributed by atoms with E-state index in [2.05, 4.69) is 56.5 Å². The molecular formula is C23H31ClO2P2. The van der Waals surface area contributed by atoms with Crippen LogP contribution in [-0.4, -0.2) is 26.4 Å². The topological polar surface area (TPSA) is 18.5 Å². The van der Waals surface area contributed by atoms with Gasteiger partial charge in [-0.25, -0.2) is 0 Å². The predicted octanol–water partition coefficient (Wildman–Crippen LogP) is 7.03. The summed E-state index contributed by atoms with van der Waals surface area (Å²) in [5.41, 5.74) is 5.02. The molecule has 5 heteroatoms. The molecule has 2 rings (SSSR count). The first-order valence-corrected chi connectivity index (χ1v) is 13.0. The minimum absolute atomic E-state index is 0.108. The summed E-state index contributed by atoms with van der Waals surface area (Å²) in [5.74, 6) is 0.936. The quantitative estimate of drug-likeness (QED) is 0.262. The van der Waals surface area contributed by atoms with Crippen LogP contribution in [0.2, 0.25) is 0 Å². The van der Waals surface area contributed by atoms with Crippen molar-refractivity contribution in [3.05, 3.63) is 64.7 Å². The molecule has 152 valence electrons. The monoisotopic (exact) mass is 436 g/mol. The third-order valence-corrected chi connectivity index (χ3v) is 7.62. The van der Waals surface area contributed by atoms with E-state index in [-0.39, 0.29) is 19.9 Å². The van der Waals surface area contributed by atoms with E-state index >= 15 is 0 Å². The predicted molar refractivity (Wildman–Crippen MR) is 127 cm³/mol. The Bertz CT molecular complexity index is 752. The molecule has 28 heavy (non-hydrogen) atoms. The zero-order valence-corrected chi connectivity index (χ0v) is 19.8. The maximum absolute atomic E-state index is 6.53. The summed E-state index contributed by atoms with van der Waals surface area (Å²) in [7, 11) is 3.12. The Kier molecular flexibility index (Phi) is 9.96. The second-order valence-corrected chi connectivity index (χ2v) is 9.97. The van der Waals surface area contributed by atoms with E-state index in [4.69, 9.17) is 20.7 Å². The third kappa shape index (κ3) is 6.30. The normalized spacial score (nSPS) is 13.9. The smallest absolute Gasteiger partial charge is 0.188 e. The van der Waals surface area contributed by atoms with Crippen LogP contribution in [-0.2, 0) is 22.7 Å². The van der Waals surface area contributed by atoms with Crippen LogP contribution < -0.4 is 4.74 Å². The molecule has 0 fully saturated rings. The van der Waals surface area contributed by atoms with Gasteiger partial charge in [0.25, 0.3) is 0 Å².